The first kappa shape index (κ1) is 22.9. The van der Waals surface area contributed by atoms with Crippen LogP contribution in [0.2, 0.25) is 0 Å². The van der Waals surface area contributed by atoms with Crippen LogP contribution in [-0.4, -0.2) is 34.5 Å². The van der Waals surface area contributed by atoms with Gasteiger partial charge in [0, 0.05) is 18.7 Å². The second-order valence-corrected chi connectivity index (χ2v) is 8.80. The normalized spacial score (nSPS) is 18.3. The van der Waals surface area contributed by atoms with Crippen LogP contribution in [0.5, 0.6) is 0 Å². The smallest absolute Gasteiger partial charge is 0.332 e. The lowest BCUT2D eigenvalue weighted by molar-refractivity contribution is -0.157. The van der Waals surface area contributed by atoms with Crippen LogP contribution in [0.1, 0.15) is 87.6 Å². The van der Waals surface area contributed by atoms with E-state index in [4.69, 9.17) is 4.74 Å². The number of aromatic nitrogens is 1. The topological polar surface area (TPSA) is 113 Å². The van der Waals surface area contributed by atoms with Crippen molar-refractivity contribution < 1.29 is 19.1 Å². The van der Waals surface area contributed by atoms with Gasteiger partial charge in [0.15, 0.2) is 6.61 Å². The maximum absolute atomic E-state index is 12.8. The highest BCUT2D eigenvalue weighted by Gasteiger charge is 2.42. The highest BCUT2D eigenvalue weighted by atomic mass is 16.5. The molecule has 2 aliphatic rings. The van der Waals surface area contributed by atoms with Gasteiger partial charge < -0.3 is 19.9 Å². The number of nitrogens with one attached hydrogen (secondary N) is 2. The number of esters is 1. The molecule has 2 N–H and O–H groups in total. The monoisotopic (exact) mass is 428 g/mol. The van der Waals surface area contributed by atoms with Crippen LogP contribution in [0, 0.1) is 25.2 Å². The molecule has 0 radical (unpaired) electrons. The van der Waals surface area contributed by atoms with Crippen molar-refractivity contribution in [2.45, 2.75) is 90.1 Å². The van der Waals surface area contributed by atoms with Gasteiger partial charge in [-0.15, -0.1) is 0 Å². The van der Waals surface area contributed by atoms with E-state index in [1.807, 2.05) is 13.8 Å². The Morgan fingerprint density at radius 3 is 2.35 bits per heavy atom. The molecule has 8 nitrogen and oxygen atoms in total. The summed E-state index contributed by atoms with van der Waals surface area (Å²) < 4.78 is 7.39. The quantitative estimate of drug-likeness (QED) is 0.674. The summed E-state index contributed by atoms with van der Waals surface area (Å²) in [6.45, 7) is 4.76. The van der Waals surface area contributed by atoms with Crippen LogP contribution in [0.3, 0.4) is 0 Å². The number of carbonyl (C=O) groups excluding carboxylic acids is 3. The Balaban J connectivity index is 1.72. The summed E-state index contributed by atoms with van der Waals surface area (Å²) in [6, 6.07) is 2.46. The Labute approximate surface area is 183 Å². The largest absolute Gasteiger partial charge is 0.454 e. The lowest BCUT2D eigenvalue weighted by Crippen LogP contribution is -2.56. The van der Waals surface area contributed by atoms with Crippen molar-refractivity contribution in [2.75, 3.05) is 11.9 Å². The molecule has 2 aliphatic carbocycles. The molecule has 168 valence electrons. The lowest BCUT2D eigenvalue weighted by atomic mass is 9.81. The molecule has 0 saturated heterocycles. The van der Waals surface area contributed by atoms with Crippen molar-refractivity contribution in [3.8, 4) is 6.07 Å². The van der Waals surface area contributed by atoms with Crippen LogP contribution in [-0.2, 0) is 19.1 Å². The van der Waals surface area contributed by atoms with Gasteiger partial charge >= 0.3 is 5.97 Å². The van der Waals surface area contributed by atoms with Gasteiger partial charge in [-0.3, -0.25) is 9.59 Å². The fourth-order valence-electron chi connectivity index (χ4n) is 5.02. The first-order valence-corrected chi connectivity index (χ1v) is 11.2. The third-order valence-corrected chi connectivity index (χ3v) is 6.66. The van der Waals surface area contributed by atoms with Crippen LogP contribution < -0.4 is 10.6 Å². The third-order valence-electron chi connectivity index (χ3n) is 6.66. The van der Waals surface area contributed by atoms with E-state index in [-0.39, 0.29) is 11.9 Å². The molecule has 3 rings (SSSR count). The predicted molar refractivity (Wildman–Crippen MR) is 115 cm³/mol. The fourth-order valence-corrected chi connectivity index (χ4v) is 5.02. The molecule has 8 heteroatoms. The Bertz CT molecular complexity index is 900. The van der Waals surface area contributed by atoms with Gasteiger partial charge in [0.1, 0.15) is 17.4 Å². The molecule has 0 aromatic carbocycles. The molecular formula is C23H32N4O4. The van der Waals surface area contributed by atoms with E-state index < -0.39 is 24.0 Å². The molecule has 2 saturated carbocycles. The van der Waals surface area contributed by atoms with E-state index in [0.29, 0.717) is 24.2 Å². The molecule has 2 amide bonds. The third kappa shape index (κ3) is 4.76. The number of hydrogen-bond donors (Lipinski definition) is 2. The molecule has 0 unspecified atom stereocenters. The molecule has 0 atom stereocenters. The van der Waals surface area contributed by atoms with Crippen LogP contribution >= 0.6 is 0 Å². The number of carbonyl (C=O) groups is 3. The summed E-state index contributed by atoms with van der Waals surface area (Å²) >= 11 is 0. The van der Waals surface area contributed by atoms with E-state index in [9.17, 15) is 19.6 Å². The second kappa shape index (κ2) is 9.54. The molecule has 1 aromatic heterocycles. The molecule has 2 fully saturated rings. The van der Waals surface area contributed by atoms with Crippen molar-refractivity contribution in [1.29, 1.82) is 5.26 Å². The van der Waals surface area contributed by atoms with E-state index in [0.717, 1.165) is 56.2 Å². The van der Waals surface area contributed by atoms with E-state index in [1.165, 1.54) is 6.92 Å². The molecule has 0 bridgehead atoms. The highest BCUT2D eigenvalue weighted by molar-refractivity contribution is 5.95. The Kier molecular flexibility index (Phi) is 7.04. The second-order valence-electron chi connectivity index (χ2n) is 8.80. The number of hydrogen-bond acceptors (Lipinski definition) is 5. The zero-order chi connectivity index (χ0) is 22.6. The van der Waals surface area contributed by atoms with Crippen molar-refractivity contribution in [3.63, 3.8) is 0 Å². The summed E-state index contributed by atoms with van der Waals surface area (Å²) in [7, 11) is 0. The summed E-state index contributed by atoms with van der Waals surface area (Å²) in [5.74, 6) is -0.867. The molecular weight excluding hydrogens is 396 g/mol. The van der Waals surface area contributed by atoms with Gasteiger partial charge in [0.05, 0.1) is 5.56 Å². The predicted octanol–water partition coefficient (Wildman–Crippen LogP) is 3.41. The van der Waals surface area contributed by atoms with E-state index in [2.05, 4.69) is 21.3 Å². The van der Waals surface area contributed by atoms with Gasteiger partial charge in [-0.25, -0.2) is 4.79 Å². The van der Waals surface area contributed by atoms with Crippen molar-refractivity contribution in [2.24, 2.45) is 0 Å². The standard InChI is InChI=1S/C23H32N4O4/c1-15-16(2)27(18-9-5-6-10-18)21(19(15)13-24)25-20(29)14-31-22(30)23(26-17(3)28)11-7-4-8-12-23/h18H,4-12,14H2,1-3H3,(H,25,29)(H,26,28). The Morgan fingerprint density at radius 2 is 1.77 bits per heavy atom. The zero-order valence-corrected chi connectivity index (χ0v) is 18.7. The average Bonchev–Trinajstić information content (AvgIpc) is 3.33. The Morgan fingerprint density at radius 1 is 1.13 bits per heavy atom. The molecule has 1 aromatic rings. The molecule has 0 spiro atoms. The number of rotatable bonds is 6. The fraction of sp³-hybridized carbons (Fsp3) is 0.652. The number of anilines is 1. The van der Waals surface area contributed by atoms with E-state index in [1.54, 1.807) is 0 Å². The zero-order valence-electron chi connectivity index (χ0n) is 18.7. The maximum atomic E-state index is 12.8. The molecule has 1 heterocycles. The maximum Gasteiger partial charge on any atom is 0.332 e. The van der Waals surface area contributed by atoms with Crippen LogP contribution in [0.4, 0.5) is 5.82 Å². The molecule has 31 heavy (non-hydrogen) atoms. The summed E-state index contributed by atoms with van der Waals surface area (Å²) in [4.78, 5) is 37.1. The highest BCUT2D eigenvalue weighted by Crippen LogP contribution is 2.37. The van der Waals surface area contributed by atoms with Crippen molar-refractivity contribution in [3.05, 3.63) is 16.8 Å². The first-order valence-electron chi connectivity index (χ1n) is 11.2. The van der Waals surface area contributed by atoms with Crippen molar-refractivity contribution >= 4 is 23.6 Å². The minimum atomic E-state index is -1.06. The Hall–Kier alpha value is -2.82. The van der Waals surface area contributed by atoms with Crippen molar-refractivity contribution in [1.82, 2.24) is 9.88 Å². The van der Waals surface area contributed by atoms with E-state index >= 15 is 0 Å². The van der Waals surface area contributed by atoms with Gasteiger partial charge in [0.25, 0.3) is 5.91 Å². The number of nitrogens with zero attached hydrogens (tertiary/aromatic N) is 2. The number of nitriles is 1. The average molecular weight is 429 g/mol. The summed E-state index contributed by atoms with van der Waals surface area (Å²) in [5.41, 5.74) is 1.22. The van der Waals surface area contributed by atoms with Crippen LogP contribution in [0.15, 0.2) is 0 Å². The van der Waals surface area contributed by atoms with Gasteiger partial charge in [0.2, 0.25) is 5.91 Å². The van der Waals surface area contributed by atoms with Gasteiger partial charge in [-0.05, 0) is 45.1 Å². The SMILES string of the molecule is CC(=O)NC1(C(=O)OCC(=O)Nc2c(C#N)c(C)c(C)n2C2CCCC2)CCCCC1. The minimum Gasteiger partial charge on any atom is -0.454 e. The van der Waals surface area contributed by atoms with Gasteiger partial charge in [-0.2, -0.15) is 5.26 Å². The molecule has 0 aliphatic heterocycles. The lowest BCUT2D eigenvalue weighted by Gasteiger charge is -2.35. The van der Waals surface area contributed by atoms with Crippen LogP contribution in [0.25, 0.3) is 0 Å². The number of ether oxygens (including phenoxy) is 1. The minimum absolute atomic E-state index is 0.254. The summed E-state index contributed by atoms with van der Waals surface area (Å²) in [6.07, 6.45) is 7.93. The first-order chi connectivity index (χ1) is 14.8. The summed E-state index contributed by atoms with van der Waals surface area (Å²) in [5, 5.41) is 15.2. The van der Waals surface area contributed by atoms with Gasteiger partial charge in [-0.1, -0.05) is 32.1 Å². The number of amides is 2.